The number of aromatic nitrogens is 2. The number of hydrogen-bond acceptors (Lipinski definition) is 4. The van der Waals surface area contributed by atoms with Crippen LogP contribution in [0, 0.1) is 0 Å². The minimum Gasteiger partial charge on any atom is -0.481 e. The maximum Gasteiger partial charge on any atom is 0.218 e. The average Bonchev–Trinajstić information content (AvgIpc) is 2.14. The molecule has 0 spiro atoms. The molecule has 0 aromatic carbocycles. The first-order chi connectivity index (χ1) is 7.31. The molecule has 0 aliphatic rings. The standard InChI is InChI=1S/C12H21N3O/c1-8(2)11-13-9(15-12(3,4)5)7-10(14-11)16-6/h7-8H,1-6H3,(H,13,14,15). The second-order valence-corrected chi connectivity index (χ2v) is 5.18. The van der Waals surface area contributed by atoms with Crippen molar-refractivity contribution in [1.29, 1.82) is 0 Å². The topological polar surface area (TPSA) is 47.0 Å². The highest BCUT2D eigenvalue weighted by atomic mass is 16.5. The molecule has 0 fully saturated rings. The SMILES string of the molecule is COc1cc(NC(C)(C)C)nc(C(C)C)n1. The molecule has 1 N–H and O–H groups in total. The lowest BCUT2D eigenvalue weighted by Crippen LogP contribution is -2.27. The Morgan fingerprint density at radius 3 is 2.31 bits per heavy atom. The van der Waals surface area contributed by atoms with Gasteiger partial charge in [-0.25, -0.2) is 4.98 Å². The van der Waals surface area contributed by atoms with Gasteiger partial charge in [0.05, 0.1) is 7.11 Å². The normalized spacial score (nSPS) is 11.7. The van der Waals surface area contributed by atoms with E-state index in [0.717, 1.165) is 11.6 Å². The van der Waals surface area contributed by atoms with Gasteiger partial charge in [-0.1, -0.05) is 13.8 Å². The zero-order valence-electron chi connectivity index (χ0n) is 11.0. The highest BCUT2D eigenvalue weighted by molar-refractivity contribution is 5.40. The summed E-state index contributed by atoms with van der Waals surface area (Å²) in [6.45, 7) is 10.4. The van der Waals surface area contributed by atoms with Crippen LogP contribution in [0.5, 0.6) is 5.88 Å². The summed E-state index contributed by atoms with van der Waals surface area (Å²) in [4.78, 5) is 8.77. The van der Waals surface area contributed by atoms with E-state index < -0.39 is 0 Å². The maximum atomic E-state index is 5.17. The number of methoxy groups -OCH3 is 1. The van der Waals surface area contributed by atoms with E-state index in [0.29, 0.717) is 5.88 Å². The molecule has 90 valence electrons. The van der Waals surface area contributed by atoms with E-state index in [9.17, 15) is 0 Å². The van der Waals surface area contributed by atoms with E-state index in [1.54, 1.807) is 7.11 Å². The molecule has 0 unspecified atom stereocenters. The molecule has 0 bridgehead atoms. The van der Waals surface area contributed by atoms with Crippen molar-refractivity contribution in [3.8, 4) is 5.88 Å². The summed E-state index contributed by atoms with van der Waals surface area (Å²) < 4.78 is 5.17. The van der Waals surface area contributed by atoms with Crippen LogP contribution in [0.15, 0.2) is 6.07 Å². The molecule has 0 saturated carbocycles. The van der Waals surface area contributed by atoms with Crippen LogP contribution >= 0.6 is 0 Å². The summed E-state index contributed by atoms with van der Waals surface area (Å²) >= 11 is 0. The molecule has 0 aliphatic heterocycles. The quantitative estimate of drug-likeness (QED) is 0.856. The van der Waals surface area contributed by atoms with Crippen LogP contribution in [-0.4, -0.2) is 22.6 Å². The number of anilines is 1. The predicted octanol–water partition coefficient (Wildman–Crippen LogP) is 2.82. The van der Waals surface area contributed by atoms with Crippen LogP contribution in [0.1, 0.15) is 46.4 Å². The average molecular weight is 223 g/mol. The van der Waals surface area contributed by atoms with Gasteiger partial charge in [-0.3, -0.25) is 0 Å². The predicted molar refractivity (Wildman–Crippen MR) is 66.0 cm³/mol. The smallest absolute Gasteiger partial charge is 0.218 e. The Morgan fingerprint density at radius 2 is 1.88 bits per heavy atom. The molecule has 16 heavy (non-hydrogen) atoms. The van der Waals surface area contributed by atoms with Gasteiger partial charge in [0.25, 0.3) is 0 Å². The van der Waals surface area contributed by atoms with Crippen LogP contribution in [0.2, 0.25) is 0 Å². The fourth-order valence-electron chi connectivity index (χ4n) is 1.25. The first kappa shape index (κ1) is 12.7. The molecule has 4 nitrogen and oxygen atoms in total. The summed E-state index contributed by atoms with van der Waals surface area (Å²) in [7, 11) is 1.62. The zero-order valence-corrected chi connectivity index (χ0v) is 11.0. The molecule has 4 heteroatoms. The van der Waals surface area contributed by atoms with Crippen molar-refractivity contribution in [2.24, 2.45) is 0 Å². The fourth-order valence-corrected chi connectivity index (χ4v) is 1.25. The molecule has 1 aromatic heterocycles. The van der Waals surface area contributed by atoms with Crippen molar-refractivity contribution in [3.05, 3.63) is 11.9 Å². The second kappa shape index (κ2) is 4.68. The van der Waals surface area contributed by atoms with Crippen LogP contribution in [0.4, 0.5) is 5.82 Å². The van der Waals surface area contributed by atoms with Crippen LogP contribution < -0.4 is 10.1 Å². The first-order valence-corrected chi connectivity index (χ1v) is 5.53. The molecule has 1 heterocycles. The van der Waals surface area contributed by atoms with Crippen molar-refractivity contribution in [2.75, 3.05) is 12.4 Å². The number of nitrogens with one attached hydrogen (secondary N) is 1. The summed E-state index contributed by atoms with van der Waals surface area (Å²) in [6, 6.07) is 1.82. The third kappa shape index (κ3) is 3.68. The molecule has 0 radical (unpaired) electrons. The van der Waals surface area contributed by atoms with Crippen molar-refractivity contribution in [1.82, 2.24) is 9.97 Å². The molecule has 0 aliphatic carbocycles. The number of ether oxygens (including phenoxy) is 1. The van der Waals surface area contributed by atoms with E-state index in [1.165, 1.54) is 0 Å². The largest absolute Gasteiger partial charge is 0.481 e. The number of rotatable bonds is 3. The Balaban J connectivity index is 3.04. The molecule has 1 rings (SSSR count). The summed E-state index contributed by atoms with van der Waals surface area (Å²) in [5.74, 6) is 2.50. The molecule has 0 amide bonds. The summed E-state index contributed by atoms with van der Waals surface area (Å²) in [5.41, 5.74) is -0.0202. The van der Waals surface area contributed by atoms with E-state index in [1.807, 2.05) is 6.07 Å². The Hall–Kier alpha value is -1.32. The molecule has 0 saturated heterocycles. The van der Waals surface area contributed by atoms with Gasteiger partial charge in [0.2, 0.25) is 5.88 Å². The van der Waals surface area contributed by atoms with Gasteiger partial charge in [-0.15, -0.1) is 0 Å². The highest BCUT2D eigenvalue weighted by Crippen LogP contribution is 2.20. The third-order valence-corrected chi connectivity index (χ3v) is 1.95. The van der Waals surface area contributed by atoms with Gasteiger partial charge in [0.15, 0.2) is 0 Å². The maximum absolute atomic E-state index is 5.17. The van der Waals surface area contributed by atoms with E-state index in [4.69, 9.17) is 4.74 Å². The van der Waals surface area contributed by atoms with Crippen LogP contribution in [-0.2, 0) is 0 Å². The van der Waals surface area contributed by atoms with Gasteiger partial charge in [0.1, 0.15) is 11.6 Å². The second-order valence-electron chi connectivity index (χ2n) is 5.18. The lowest BCUT2D eigenvalue weighted by atomic mass is 10.1. The van der Waals surface area contributed by atoms with Crippen molar-refractivity contribution in [2.45, 2.75) is 46.1 Å². The van der Waals surface area contributed by atoms with Gasteiger partial charge < -0.3 is 10.1 Å². The van der Waals surface area contributed by atoms with Gasteiger partial charge in [-0.2, -0.15) is 4.98 Å². The Labute approximate surface area is 97.5 Å². The molecular weight excluding hydrogens is 202 g/mol. The molecule has 0 atom stereocenters. The third-order valence-electron chi connectivity index (χ3n) is 1.95. The van der Waals surface area contributed by atoms with Crippen molar-refractivity contribution in [3.63, 3.8) is 0 Å². The van der Waals surface area contributed by atoms with E-state index in [2.05, 4.69) is 49.9 Å². The summed E-state index contributed by atoms with van der Waals surface area (Å²) in [6.07, 6.45) is 0. The van der Waals surface area contributed by atoms with Gasteiger partial charge in [0, 0.05) is 17.5 Å². The van der Waals surface area contributed by atoms with Crippen LogP contribution in [0.3, 0.4) is 0 Å². The van der Waals surface area contributed by atoms with Crippen LogP contribution in [0.25, 0.3) is 0 Å². The minimum absolute atomic E-state index is 0.0202. The highest BCUT2D eigenvalue weighted by Gasteiger charge is 2.13. The Bertz CT molecular complexity index is 356. The monoisotopic (exact) mass is 223 g/mol. The minimum atomic E-state index is -0.0202. The zero-order chi connectivity index (χ0) is 12.3. The van der Waals surface area contributed by atoms with Gasteiger partial charge >= 0.3 is 0 Å². The number of nitrogens with zero attached hydrogens (tertiary/aromatic N) is 2. The van der Waals surface area contributed by atoms with E-state index in [-0.39, 0.29) is 11.5 Å². The van der Waals surface area contributed by atoms with Gasteiger partial charge in [-0.05, 0) is 20.8 Å². The van der Waals surface area contributed by atoms with Crippen molar-refractivity contribution < 1.29 is 4.74 Å². The fraction of sp³-hybridized carbons (Fsp3) is 0.667. The lowest BCUT2D eigenvalue weighted by Gasteiger charge is -2.22. The Morgan fingerprint density at radius 1 is 1.25 bits per heavy atom. The Kier molecular flexibility index (Phi) is 3.73. The van der Waals surface area contributed by atoms with Crippen molar-refractivity contribution >= 4 is 5.82 Å². The lowest BCUT2D eigenvalue weighted by molar-refractivity contribution is 0.394. The van der Waals surface area contributed by atoms with E-state index >= 15 is 0 Å². The first-order valence-electron chi connectivity index (χ1n) is 5.53. The molecule has 1 aromatic rings. The number of hydrogen-bond donors (Lipinski definition) is 1. The summed E-state index contributed by atoms with van der Waals surface area (Å²) in [5, 5.41) is 3.32. The molecular formula is C12H21N3O.